The molecule has 0 aliphatic rings. The topological polar surface area (TPSA) is 58.9 Å². The molecular formula is C12H18N2O2W. The van der Waals surface area contributed by atoms with Gasteiger partial charge in [-0.3, -0.25) is 6.92 Å². The van der Waals surface area contributed by atoms with Gasteiger partial charge in [-0.1, -0.05) is 45.0 Å². The smallest absolute Gasteiger partial charge is 0.290 e. The fraction of sp³-hybridized carbons (Fsp3) is 0.500. The van der Waals surface area contributed by atoms with Crippen molar-refractivity contribution in [2.45, 2.75) is 40.8 Å². The first-order valence-corrected chi connectivity index (χ1v) is 5.04. The molecule has 0 spiro atoms. The number of rotatable bonds is 2. The maximum atomic E-state index is 9.13. The van der Waals surface area contributed by atoms with Crippen molar-refractivity contribution in [1.82, 2.24) is 0 Å². The first-order valence-electron chi connectivity index (χ1n) is 5.04. The Morgan fingerprint density at radius 2 is 1.29 bits per heavy atom. The Hall–Kier alpha value is -0.762. The van der Waals surface area contributed by atoms with Crippen LogP contribution in [-0.4, -0.2) is 6.17 Å². The minimum Gasteiger partial charge on any atom is -0.290 e. The first-order chi connectivity index (χ1) is 7.36. The summed E-state index contributed by atoms with van der Waals surface area (Å²) in [6, 6.07) is 0. The number of hydrogen-bond acceptors (Lipinski definition) is 4. The van der Waals surface area contributed by atoms with Gasteiger partial charge in [0.1, 0.15) is 6.17 Å². The summed E-state index contributed by atoms with van der Waals surface area (Å²) in [5, 5.41) is 4.33. The third kappa shape index (κ3) is 4.95. The number of nitroso groups, excluding NO2 is 2. The summed E-state index contributed by atoms with van der Waals surface area (Å²) in [4.78, 5) is 18.3. The van der Waals surface area contributed by atoms with Crippen molar-refractivity contribution >= 4 is 0 Å². The van der Waals surface area contributed by atoms with Crippen LogP contribution in [0.25, 0.3) is 0 Å². The molecule has 0 aliphatic carbocycles. The molecule has 1 rings (SSSR count). The molecule has 5 heteroatoms. The second-order valence-electron chi connectivity index (χ2n) is 3.82. The van der Waals surface area contributed by atoms with Gasteiger partial charge in [0.25, 0.3) is 0 Å². The second-order valence-corrected chi connectivity index (χ2v) is 3.82. The fourth-order valence-corrected chi connectivity index (χ4v) is 1.43. The molecule has 0 aliphatic heterocycles. The van der Waals surface area contributed by atoms with Crippen LogP contribution in [0, 0.1) is 51.4 Å². The van der Waals surface area contributed by atoms with E-state index >= 15 is 0 Å². The molecule has 0 radical (unpaired) electrons. The van der Waals surface area contributed by atoms with Gasteiger partial charge in [0.15, 0.2) is 0 Å². The Morgan fingerprint density at radius 1 is 1.00 bits per heavy atom. The van der Waals surface area contributed by atoms with Gasteiger partial charge in [-0.05, 0) is 0 Å². The second kappa shape index (κ2) is 8.35. The van der Waals surface area contributed by atoms with Gasteiger partial charge in [0.2, 0.25) is 0 Å². The van der Waals surface area contributed by atoms with E-state index in [1.54, 1.807) is 0 Å². The zero-order valence-corrected chi connectivity index (χ0v) is 13.8. The molecule has 17 heavy (non-hydrogen) atoms. The quantitative estimate of drug-likeness (QED) is 0.557. The van der Waals surface area contributed by atoms with E-state index in [-0.39, 0.29) is 21.1 Å². The Kier molecular flexibility index (Phi) is 9.13. The fourth-order valence-electron chi connectivity index (χ4n) is 1.43. The minimum atomic E-state index is -1.18. The van der Waals surface area contributed by atoms with Crippen molar-refractivity contribution in [2.75, 3.05) is 0 Å². The van der Waals surface area contributed by atoms with Crippen molar-refractivity contribution in [1.29, 1.82) is 0 Å². The van der Waals surface area contributed by atoms with E-state index in [1.165, 1.54) is 27.8 Å². The van der Waals surface area contributed by atoms with Crippen LogP contribution in [0.5, 0.6) is 0 Å². The van der Waals surface area contributed by atoms with Gasteiger partial charge in [-0.15, -0.1) is 0 Å². The maximum Gasteiger partial charge on any atom is 2.00 e. The molecule has 94 valence electrons. The van der Waals surface area contributed by atoms with E-state index < -0.39 is 6.17 Å². The molecule has 1 aromatic carbocycles. The predicted octanol–water partition coefficient (Wildman–Crippen LogP) is 3.62. The van der Waals surface area contributed by atoms with Gasteiger partial charge in [-0.2, -0.15) is 37.6 Å². The maximum absolute atomic E-state index is 9.13. The van der Waals surface area contributed by atoms with Gasteiger partial charge in [0, 0.05) is 0 Å². The van der Waals surface area contributed by atoms with Gasteiger partial charge < -0.3 is 0 Å². The van der Waals surface area contributed by atoms with E-state index in [0.717, 1.165) is 0 Å². The summed E-state index contributed by atoms with van der Waals surface area (Å²) >= 11 is 0. The van der Waals surface area contributed by atoms with Gasteiger partial charge >= 0.3 is 21.1 Å². The van der Waals surface area contributed by atoms with Crippen LogP contribution in [0.4, 0.5) is 0 Å². The third-order valence-corrected chi connectivity index (χ3v) is 3.06. The van der Waals surface area contributed by atoms with Crippen LogP contribution in [-0.2, 0) is 21.1 Å². The molecule has 1 aromatic rings. The minimum absolute atomic E-state index is 0. The molecule has 0 fully saturated rings. The molecule has 0 N–H and O–H groups in total. The largest absolute Gasteiger partial charge is 2.00 e. The molecule has 0 heterocycles. The molecule has 0 saturated carbocycles. The van der Waals surface area contributed by atoms with Gasteiger partial charge in [-0.25, -0.2) is 0 Å². The van der Waals surface area contributed by atoms with Crippen LogP contribution in [0.15, 0.2) is 10.4 Å². The molecule has 4 nitrogen and oxygen atoms in total. The molecule has 0 amide bonds. The van der Waals surface area contributed by atoms with E-state index in [1.807, 2.05) is 0 Å². The van der Waals surface area contributed by atoms with Crippen LogP contribution < -0.4 is 0 Å². The summed E-state index contributed by atoms with van der Waals surface area (Å²) in [7, 11) is 0. The molecule has 0 unspecified atom stereocenters. The zero-order valence-electron chi connectivity index (χ0n) is 10.9. The Balaban J connectivity index is 0. The average Bonchev–Trinajstić information content (AvgIpc) is 2.47. The Morgan fingerprint density at radius 3 is 1.35 bits per heavy atom. The zero-order chi connectivity index (χ0) is 12.9. The van der Waals surface area contributed by atoms with Crippen molar-refractivity contribution in [3.63, 3.8) is 0 Å². The van der Waals surface area contributed by atoms with E-state index in [9.17, 15) is 0 Å². The van der Waals surface area contributed by atoms with E-state index in [4.69, 9.17) is 9.81 Å². The van der Waals surface area contributed by atoms with Crippen molar-refractivity contribution in [3.05, 3.63) is 44.6 Å². The number of hydrogen-bond donors (Lipinski definition) is 0. The van der Waals surface area contributed by atoms with Crippen molar-refractivity contribution in [2.24, 2.45) is 10.4 Å². The molecule has 0 bridgehead atoms. The first kappa shape index (κ1) is 18.6. The molecule has 0 saturated heterocycles. The average molecular weight is 406 g/mol. The normalized spacial score (nSPS) is 9.12. The SMILES string of the molecule is Cc1c(C)c(C)[c-](C)c1C.[CH2-]C(N=O)N=O.[W+2]. The van der Waals surface area contributed by atoms with Crippen LogP contribution in [0.1, 0.15) is 27.8 Å². The van der Waals surface area contributed by atoms with Crippen LogP contribution in [0.2, 0.25) is 0 Å². The van der Waals surface area contributed by atoms with Crippen LogP contribution >= 0.6 is 0 Å². The Labute approximate surface area is 117 Å². The van der Waals surface area contributed by atoms with Crippen molar-refractivity contribution < 1.29 is 21.1 Å². The van der Waals surface area contributed by atoms with E-state index in [0.29, 0.717) is 0 Å². The predicted molar refractivity (Wildman–Crippen MR) is 66.5 cm³/mol. The van der Waals surface area contributed by atoms with Crippen molar-refractivity contribution in [3.8, 4) is 0 Å². The standard InChI is InChI=1S/C10H15.C2H3N2O2.W/c1-6-7(2)9(4)10(5)8(6)3;1-2(3-5)4-6;/h1-5H3;2H,1H2;/q2*-1;+2. The van der Waals surface area contributed by atoms with E-state index in [2.05, 4.69) is 51.9 Å². The monoisotopic (exact) mass is 406 g/mol. The van der Waals surface area contributed by atoms with Crippen LogP contribution in [0.3, 0.4) is 0 Å². The number of nitrogens with zero attached hydrogens (tertiary/aromatic N) is 2. The molecular weight excluding hydrogens is 388 g/mol. The molecule has 0 aromatic heterocycles. The van der Waals surface area contributed by atoms with Gasteiger partial charge in [0.05, 0.1) is 0 Å². The summed E-state index contributed by atoms with van der Waals surface area (Å²) < 4.78 is 0. The summed E-state index contributed by atoms with van der Waals surface area (Å²) in [5.41, 5.74) is 7.34. The third-order valence-electron chi connectivity index (χ3n) is 3.06. The summed E-state index contributed by atoms with van der Waals surface area (Å²) in [6.07, 6.45) is -1.18. The summed E-state index contributed by atoms with van der Waals surface area (Å²) in [5.74, 6) is 0. The molecule has 0 atom stereocenters. The summed E-state index contributed by atoms with van der Waals surface area (Å²) in [6.45, 7) is 13.9. The Bertz CT molecular complexity index is 298.